The molecule has 20 heavy (non-hydrogen) atoms. The Balaban J connectivity index is 2.09. The van der Waals surface area contributed by atoms with Gasteiger partial charge in [-0.1, -0.05) is 46.5 Å². The van der Waals surface area contributed by atoms with Crippen molar-refractivity contribution in [2.75, 3.05) is 13.1 Å². The van der Waals surface area contributed by atoms with Crippen molar-refractivity contribution in [3.8, 4) is 0 Å². The largest absolute Gasteiger partial charge is 0.393 e. The van der Waals surface area contributed by atoms with Crippen LogP contribution in [0.1, 0.15) is 78.6 Å². The number of likely N-dealkylation sites (tertiary alicyclic amines) is 1. The molecule has 0 radical (unpaired) electrons. The van der Waals surface area contributed by atoms with Crippen LogP contribution >= 0.6 is 0 Å². The summed E-state index contributed by atoms with van der Waals surface area (Å²) in [5.74, 6) is 0.760. The number of rotatable bonds is 3. The highest BCUT2D eigenvalue weighted by atomic mass is 16.3. The van der Waals surface area contributed by atoms with Gasteiger partial charge in [-0.05, 0) is 56.5 Å². The molecule has 0 aromatic rings. The molecule has 0 aromatic heterocycles. The molecule has 1 aliphatic heterocycles. The van der Waals surface area contributed by atoms with Crippen LogP contribution in [0.3, 0.4) is 0 Å². The van der Waals surface area contributed by atoms with Crippen molar-refractivity contribution in [2.45, 2.75) is 90.7 Å². The Labute approximate surface area is 125 Å². The van der Waals surface area contributed by atoms with Crippen LogP contribution in [0, 0.1) is 11.3 Å². The van der Waals surface area contributed by atoms with Gasteiger partial charge in [0.2, 0.25) is 0 Å². The van der Waals surface area contributed by atoms with Crippen molar-refractivity contribution >= 4 is 0 Å². The lowest BCUT2D eigenvalue weighted by atomic mass is 9.66. The number of aliphatic hydroxyl groups is 1. The summed E-state index contributed by atoms with van der Waals surface area (Å²) in [6.07, 6.45) is 11.3. The molecular weight excluding hydrogens is 246 g/mol. The highest BCUT2D eigenvalue weighted by Gasteiger charge is 2.40. The number of hydrogen-bond acceptors (Lipinski definition) is 2. The lowest BCUT2D eigenvalue weighted by Crippen LogP contribution is -2.51. The van der Waals surface area contributed by atoms with Gasteiger partial charge in [-0.2, -0.15) is 0 Å². The minimum absolute atomic E-state index is 0.0608. The first-order valence-electron chi connectivity index (χ1n) is 8.96. The predicted octanol–water partition coefficient (Wildman–Crippen LogP) is 4.22. The van der Waals surface area contributed by atoms with E-state index < -0.39 is 0 Å². The Bertz CT molecular complexity index is 281. The van der Waals surface area contributed by atoms with Crippen LogP contribution in [0.5, 0.6) is 0 Å². The predicted molar refractivity (Wildman–Crippen MR) is 85.9 cm³/mol. The third-order valence-corrected chi connectivity index (χ3v) is 6.06. The van der Waals surface area contributed by atoms with Gasteiger partial charge in [-0.15, -0.1) is 0 Å². The second-order valence-corrected chi connectivity index (χ2v) is 7.79. The zero-order valence-electron chi connectivity index (χ0n) is 13.9. The molecule has 0 aromatic carbocycles. The van der Waals surface area contributed by atoms with E-state index >= 15 is 0 Å². The average molecular weight is 281 g/mol. The fourth-order valence-corrected chi connectivity index (χ4v) is 4.31. The molecule has 3 atom stereocenters. The molecular formula is C18H35NO. The molecule has 0 amide bonds. The maximum absolute atomic E-state index is 10.2. The number of hydrogen-bond donors (Lipinski definition) is 1. The summed E-state index contributed by atoms with van der Waals surface area (Å²) < 4.78 is 0. The van der Waals surface area contributed by atoms with Crippen LogP contribution in [-0.2, 0) is 0 Å². The van der Waals surface area contributed by atoms with Crippen molar-refractivity contribution in [2.24, 2.45) is 11.3 Å². The van der Waals surface area contributed by atoms with E-state index in [1.165, 1.54) is 58.0 Å². The van der Waals surface area contributed by atoms with Crippen molar-refractivity contribution in [1.82, 2.24) is 4.90 Å². The van der Waals surface area contributed by atoms with E-state index in [0.29, 0.717) is 11.5 Å². The highest BCUT2D eigenvalue weighted by Crippen LogP contribution is 2.43. The van der Waals surface area contributed by atoms with Gasteiger partial charge >= 0.3 is 0 Å². The van der Waals surface area contributed by atoms with E-state index in [1.54, 1.807) is 0 Å². The second-order valence-electron chi connectivity index (χ2n) is 7.79. The Morgan fingerprint density at radius 2 is 1.60 bits per heavy atom. The maximum atomic E-state index is 10.2. The van der Waals surface area contributed by atoms with Gasteiger partial charge in [0.15, 0.2) is 0 Å². The van der Waals surface area contributed by atoms with Crippen molar-refractivity contribution in [3.05, 3.63) is 0 Å². The van der Waals surface area contributed by atoms with Gasteiger partial charge in [-0.3, -0.25) is 4.90 Å². The quantitative estimate of drug-likeness (QED) is 0.837. The maximum Gasteiger partial charge on any atom is 0.0555 e. The van der Waals surface area contributed by atoms with E-state index in [1.807, 2.05) is 0 Å². The molecule has 1 heterocycles. The molecule has 1 saturated heterocycles. The first kappa shape index (κ1) is 16.3. The van der Waals surface area contributed by atoms with Gasteiger partial charge < -0.3 is 5.11 Å². The molecule has 2 rings (SSSR count). The minimum Gasteiger partial charge on any atom is -0.393 e. The van der Waals surface area contributed by atoms with E-state index in [2.05, 4.69) is 25.7 Å². The Morgan fingerprint density at radius 1 is 1.00 bits per heavy atom. The topological polar surface area (TPSA) is 23.5 Å². The Kier molecular flexibility index (Phi) is 5.92. The van der Waals surface area contributed by atoms with Crippen LogP contribution in [-0.4, -0.2) is 35.2 Å². The summed E-state index contributed by atoms with van der Waals surface area (Å²) >= 11 is 0. The van der Waals surface area contributed by atoms with Crippen molar-refractivity contribution in [1.29, 1.82) is 0 Å². The average Bonchev–Trinajstić information content (AvgIpc) is 2.38. The standard InChI is InChI=1S/C18H35NO/c1-4-18(2,3)16-11-10-15(20)14-17(16)19-12-8-6-5-7-9-13-19/h15-17,20H,4-14H2,1-3H3. The van der Waals surface area contributed by atoms with Crippen molar-refractivity contribution < 1.29 is 5.11 Å². The molecule has 3 unspecified atom stereocenters. The van der Waals surface area contributed by atoms with E-state index in [4.69, 9.17) is 0 Å². The van der Waals surface area contributed by atoms with E-state index in [-0.39, 0.29) is 6.10 Å². The fourth-order valence-electron chi connectivity index (χ4n) is 4.31. The number of nitrogens with zero attached hydrogens (tertiary/aromatic N) is 1. The summed E-state index contributed by atoms with van der Waals surface area (Å²) in [5, 5.41) is 10.2. The first-order chi connectivity index (χ1) is 9.54. The lowest BCUT2D eigenvalue weighted by Gasteiger charge is -2.48. The van der Waals surface area contributed by atoms with Crippen LogP contribution < -0.4 is 0 Å². The van der Waals surface area contributed by atoms with Crippen LogP contribution in [0.15, 0.2) is 0 Å². The lowest BCUT2D eigenvalue weighted by molar-refractivity contribution is -0.0205. The van der Waals surface area contributed by atoms with Crippen molar-refractivity contribution in [3.63, 3.8) is 0 Å². The molecule has 0 bridgehead atoms. The molecule has 1 aliphatic carbocycles. The first-order valence-corrected chi connectivity index (χ1v) is 8.96. The highest BCUT2D eigenvalue weighted by molar-refractivity contribution is 4.93. The SMILES string of the molecule is CCC(C)(C)C1CCC(O)CC1N1CCCCCCC1. The molecule has 0 spiro atoms. The minimum atomic E-state index is -0.0608. The zero-order valence-corrected chi connectivity index (χ0v) is 13.9. The van der Waals surface area contributed by atoms with Crippen LogP contribution in [0.4, 0.5) is 0 Å². The smallest absolute Gasteiger partial charge is 0.0555 e. The third-order valence-electron chi connectivity index (χ3n) is 6.06. The molecule has 2 nitrogen and oxygen atoms in total. The monoisotopic (exact) mass is 281 g/mol. The second kappa shape index (κ2) is 7.26. The third kappa shape index (κ3) is 3.98. The Morgan fingerprint density at radius 3 is 2.20 bits per heavy atom. The number of aliphatic hydroxyl groups excluding tert-OH is 1. The normalized spacial score (nSPS) is 34.5. The van der Waals surface area contributed by atoms with Gasteiger partial charge in [0.25, 0.3) is 0 Å². The molecule has 118 valence electrons. The molecule has 2 fully saturated rings. The molecule has 2 aliphatic rings. The van der Waals surface area contributed by atoms with E-state index in [0.717, 1.165) is 18.8 Å². The van der Waals surface area contributed by atoms with Gasteiger partial charge in [-0.25, -0.2) is 0 Å². The fraction of sp³-hybridized carbons (Fsp3) is 1.00. The van der Waals surface area contributed by atoms with E-state index in [9.17, 15) is 5.11 Å². The summed E-state index contributed by atoms with van der Waals surface area (Å²) in [6.45, 7) is 9.72. The molecule has 1 N–H and O–H groups in total. The Hall–Kier alpha value is -0.0800. The summed E-state index contributed by atoms with van der Waals surface area (Å²) in [4.78, 5) is 2.74. The van der Waals surface area contributed by atoms with Crippen LogP contribution in [0.25, 0.3) is 0 Å². The van der Waals surface area contributed by atoms with Gasteiger partial charge in [0.1, 0.15) is 0 Å². The van der Waals surface area contributed by atoms with Gasteiger partial charge in [0.05, 0.1) is 6.10 Å². The van der Waals surface area contributed by atoms with Gasteiger partial charge in [0, 0.05) is 6.04 Å². The van der Waals surface area contributed by atoms with Crippen LogP contribution in [0.2, 0.25) is 0 Å². The molecule has 2 heteroatoms. The summed E-state index contributed by atoms with van der Waals surface area (Å²) in [6, 6.07) is 0.617. The summed E-state index contributed by atoms with van der Waals surface area (Å²) in [5.41, 5.74) is 0.410. The zero-order chi connectivity index (χ0) is 14.6. The summed E-state index contributed by atoms with van der Waals surface area (Å²) in [7, 11) is 0. The molecule has 1 saturated carbocycles.